The number of carboxylic acids is 1. The highest BCUT2D eigenvalue weighted by atomic mass is 16.4. The summed E-state index contributed by atoms with van der Waals surface area (Å²) in [6, 6.07) is 17.2. The smallest absolute Gasteiger partial charge is 0.322 e. The molecule has 9 heteroatoms. The number of benzene rings is 2. The second-order valence-corrected chi connectivity index (χ2v) is 11.2. The summed E-state index contributed by atoms with van der Waals surface area (Å²) in [4.78, 5) is 34.1. The van der Waals surface area contributed by atoms with Crippen LogP contribution in [0.3, 0.4) is 0 Å². The highest BCUT2D eigenvalue weighted by molar-refractivity contribution is 5.96. The lowest BCUT2D eigenvalue weighted by atomic mass is 9.85. The van der Waals surface area contributed by atoms with Crippen molar-refractivity contribution in [1.29, 1.82) is 0 Å². The molecule has 40 heavy (non-hydrogen) atoms. The monoisotopic (exact) mass is 546 g/mol. The van der Waals surface area contributed by atoms with Crippen LogP contribution in [-0.2, 0) is 23.1 Å². The maximum atomic E-state index is 12.3. The first kappa shape index (κ1) is 29.0. The molecule has 9 nitrogen and oxygen atoms in total. The van der Waals surface area contributed by atoms with E-state index in [1.54, 1.807) is 6.92 Å². The number of rotatable bonds is 10. The van der Waals surface area contributed by atoms with Crippen molar-refractivity contribution >= 4 is 17.6 Å². The van der Waals surface area contributed by atoms with Crippen LogP contribution in [0.25, 0.3) is 0 Å². The largest absolute Gasteiger partial charge is 0.504 e. The number of nitrogens with one attached hydrogen (secondary N) is 1. The van der Waals surface area contributed by atoms with Gasteiger partial charge in [0.15, 0.2) is 11.4 Å². The van der Waals surface area contributed by atoms with Gasteiger partial charge in [0.2, 0.25) is 0 Å². The summed E-state index contributed by atoms with van der Waals surface area (Å²) in [5.41, 5.74) is 4.67. The van der Waals surface area contributed by atoms with Gasteiger partial charge in [0.25, 0.3) is 5.91 Å². The van der Waals surface area contributed by atoms with Crippen molar-refractivity contribution in [2.45, 2.75) is 51.9 Å². The van der Waals surface area contributed by atoms with Crippen LogP contribution in [0.4, 0.5) is 5.69 Å². The van der Waals surface area contributed by atoms with E-state index in [-0.39, 0.29) is 23.5 Å². The number of nitrogens with zero attached hydrogens (tertiary/aromatic N) is 3. The molecule has 0 atom stereocenters. The second-order valence-electron chi connectivity index (χ2n) is 11.2. The lowest BCUT2D eigenvalue weighted by molar-refractivity contribution is -0.135. The zero-order valence-electron chi connectivity index (χ0n) is 23.4. The molecule has 1 aliphatic heterocycles. The van der Waals surface area contributed by atoms with Crippen LogP contribution >= 0.6 is 0 Å². The summed E-state index contributed by atoms with van der Waals surface area (Å²) in [5.74, 6) is -1.41. The number of aromatic nitrogens is 2. The average Bonchev–Trinajstić information content (AvgIpc) is 2.94. The predicted molar refractivity (Wildman–Crippen MR) is 153 cm³/mol. The minimum Gasteiger partial charge on any atom is -0.504 e. The fraction of sp³-hybridized carbons (Fsp3) is 0.419. The van der Waals surface area contributed by atoms with Crippen molar-refractivity contribution in [3.05, 3.63) is 82.4 Å². The minimum atomic E-state index is -1.17. The molecule has 0 bridgehead atoms. The Morgan fingerprint density at radius 3 is 2.17 bits per heavy atom. The number of carbonyl (C=O) groups excluding carboxylic acids is 1. The van der Waals surface area contributed by atoms with Crippen LogP contribution in [0.15, 0.2) is 48.5 Å². The lowest BCUT2D eigenvalue weighted by Crippen LogP contribution is -2.34. The zero-order chi connectivity index (χ0) is 28.9. The van der Waals surface area contributed by atoms with Crippen LogP contribution in [0.5, 0.6) is 5.75 Å². The molecule has 212 valence electrons. The molecular formula is C31H38N4O5. The Balaban J connectivity index is 1.31. The van der Waals surface area contributed by atoms with Gasteiger partial charge in [-0.25, -0.2) is 9.97 Å². The molecule has 1 fully saturated rings. The predicted octanol–water partition coefficient (Wildman–Crippen LogP) is 3.62. The van der Waals surface area contributed by atoms with Gasteiger partial charge in [-0.2, -0.15) is 0 Å². The number of anilines is 1. The van der Waals surface area contributed by atoms with Crippen LogP contribution in [-0.4, -0.2) is 63.4 Å². The van der Waals surface area contributed by atoms with Gasteiger partial charge < -0.3 is 25.5 Å². The summed E-state index contributed by atoms with van der Waals surface area (Å²) in [7, 11) is 0. The standard InChI is InChI=1S/C31H38N4O5/c1-20-29(39)28(30(40)32-18-27(37)38)34-26(33-20)17-23-12-14-35(15-13-23)25-10-6-22(7-11-25)16-21-4-8-24(9-5-21)31(2,3)19-36/h4-11,23,36,39H,12-19H2,1-3H3,(H,32,40)(H,37,38). The number of carboxylic acid groups (broad SMARTS) is 1. The Hall–Kier alpha value is -3.98. The second kappa shape index (κ2) is 12.5. The van der Waals surface area contributed by atoms with E-state index in [0.717, 1.165) is 37.9 Å². The molecule has 2 aromatic carbocycles. The molecule has 0 unspecified atom stereocenters. The summed E-state index contributed by atoms with van der Waals surface area (Å²) in [6.07, 6.45) is 3.33. The van der Waals surface area contributed by atoms with E-state index in [2.05, 4.69) is 68.7 Å². The van der Waals surface area contributed by atoms with Crippen molar-refractivity contribution in [3.8, 4) is 5.75 Å². The first-order valence-corrected chi connectivity index (χ1v) is 13.7. The van der Waals surface area contributed by atoms with Gasteiger partial charge in [-0.05, 0) is 60.9 Å². The van der Waals surface area contributed by atoms with Crippen molar-refractivity contribution in [1.82, 2.24) is 15.3 Å². The topological polar surface area (TPSA) is 136 Å². The lowest BCUT2D eigenvalue weighted by Gasteiger charge is -2.33. The number of aliphatic hydroxyl groups excluding tert-OH is 1. The van der Waals surface area contributed by atoms with Crippen molar-refractivity contribution in [3.63, 3.8) is 0 Å². The number of amides is 1. The SMILES string of the molecule is Cc1nc(CC2CCN(c3ccc(Cc4ccc(C(C)(C)CO)cc4)cc3)CC2)nc(C(=O)NCC(=O)O)c1O. The molecule has 0 radical (unpaired) electrons. The first-order valence-electron chi connectivity index (χ1n) is 13.7. The van der Waals surface area contributed by atoms with Gasteiger partial charge in [0, 0.05) is 30.6 Å². The summed E-state index contributed by atoms with van der Waals surface area (Å²) < 4.78 is 0. The van der Waals surface area contributed by atoms with E-state index in [4.69, 9.17) is 5.11 Å². The zero-order valence-corrected chi connectivity index (χ0v) is 23.4. The molecule has 2 heterocycles. The van der Waals surface area contributed by atoms with Gasteiger partial charge in [-0.1, -0.05) is 50.2 Å². The highest BCUT2D eigenvalue weighted by Crippen LogP contribution is 2.28. The molecular weight excluding hydrogens is 508 g/mol. The Morgan fingerprint density at radius 1 is 1.00 bits per heavy atom. The Labute approximate surface area is 234 Å². The molecule has 1 saturated heterocycles. The van der Waals surface area contributed by atoms with Crippen molar-refractivity contribution in [2.24, 2.45) is 5.92 Å². The van der Waals surface area contributed by atoms with Crippen molar-refractivity contribution in [2.75, 3.05) is 31.1 Å². The molecule has 4 rings (SSSR count). The van der Waals surface area contributed by atoms with E-state index in [1.807, 2.05) is 13.8 Å². The van der Waals surface area contributed by atoms with Crippen LogP contribution in [0.2, 0.25) is 0 Å². The average molecular weight is 547 g/mol. The maximum Gasteiger partial charge on any atom is 0.322 e. The quantitative estimate of drug-likeness (QED) is 0.303. The molecule has 3 aromatic rings. The van der Waals surface area contributed by atoms with E-state index in [0.29, 0.717) is 23.9 Å². The van der Waals surface area contributed by atoms with Crippen LogP contribution < -0.4 is 10.2 Å². The molecule has 1 aromatic heterocycles. The molecule has 1 amide bonds. The fourth-order valence-electron chi connectivity index (χ4n) is 4.99. The number of aliphatic carboxylic acids is 1. The molecule has 0 saturated carbocycles. The fourth-order valence-corrected chi connectivity index (χ4v) is 4.99. The van der Waals surface area contributed by atoms with Gasteiger partial charge in [-0.15, -0.1) is 0 Å². The third kappa shape index (κ3) is 7.15. The summed E-state index contributed by atoms with van der Waals surface area (Å²) in [5, 5.41) is 30.9. The minimum absolute atomic E-state index is 0.116. The maximum absolute atomic E-state index is 12.3. The Kier molecular flexibility index (Phi) is 9.04. The molecule has 0 aliphatic carbocycles. The third-order valence-electron chi connectivity index (χ3n) is 7.65. The number of aryl methyl sites for hydroxylation is 1. The highest BCUT2D eigenvalue weighted by Gasteiger charge is 2.24. The molecule has 1 aliphatic rings. The van der Waals surface area contributed by atoms with E-state index >= 15 is 0 Å². The van der Waals surface area contributed by atoms with Gasteiger partial charge >= 0.3 is 5.97 Å². The van der Waals surface area contributed by atoms with E-state index in [9.17, 15) is 19.8 Å². The first-order chi connectivity index (χ1) is 19.1. The van der Waals surface area contributed by atoms with Crippen molar-refractivity contribution < 1.29 is 24.9 Å². The van der Waals surface area contributed by atoms with Gasteiger partial charge in [-0.3, -0.25) is 9.59 Å². The third-order valence-corrected chi connectivity index (χ3v) is 7.65. The summed E-state index contributed by atoms with van der Waals surface area (Å²) in [6.45, 7) is 7.04. The number of aliphatic hydroxyl groups is 1. The Bertz CT molecular complexity index is 1330. The Morgan fingerprint density at radius 2 is 1.60 bits per heavy atom. The number of hydrogen-bond donors (Lipinski definition) is 4. The van der Waals surface area contributed by atoms with E-state index < -0.39 is 18.4 Å². The van der Waals surface area contributed by atoms with Gasteiger partial charge in [0.05, 0.1) is 12.3 Å². The summed E-state index contributed by atoms with van der Waals surface area (Å²) >= 11 is 0. The normalized spacial score (nSPS) is 14.2. The van der Waals surface area contributed by atoms with E-state index in [1.165, 1.54) is 16.8 Å². The van der Waals surface area contributed by atoms with Gasteiger partial charge in [0.1, 0.15) is 12.4 Å². The number of hydrogen-bond acceptors (Lipinski definition) is 7. The molecule has 4 N–H and O–H groups in total. The number of piperidine rings is 1. The van der Waals surface area contributed by atoms with Crippen LogP contribution in [0.1, 0.15) is 65.4 Å². The number of carbonyl (C=O) groups is 2. The number of aromatic hydroxyl groups is 1. The molecule has 0 spiro atoms. The van der Waals surface area contributed by atoms with Crippen LogP contribution in [0, 0.1) is 12.8 Å².